The Bertz CT molecular complexity index is 508. The molecule has 0 fully saturated rings. The Morgan fingerprint density at radius 1 is 1.33 bits per heavy atom. The van der Waals surface area contributed by atoms with Gasteiger partial charge in [0.2, 0.25) is 0 Å². The van der Waals surface area contributed by atoms with Crippen molar-refractivity contribution in [1.82, 2.24) is 20.4 Å². The average Bonchev–Trinajstić information content (AvgIpc) is 2.78. The molecule has 140 valence electrons. The topological polar surface area (TPSA) is 63.5 Å². The number of ether oxygens (including phenoxy) is 1. The molecule has 1 rings (SSSR count). The van der Waals surface area contributed by atoms with E-state index in [1.807, 2.05) is 11.6 Å². The van der Waals surface area contributed by atoms with Gasteiger partial charge in [0.05, 0.1) is 11.8 Å². The van der Waals surface area contributed by atoms with E-state index >= 15 is 0 Å². The first-order chi connectivity index (χ1) is 10.8. The number of aromatic nitrogens is 2. The molecule has 1 aromatic heterocycles. The van der Waals surface area contributed by atoms with Gasteiger partial charge in [-0.1, -0.05) is 20.8 Å². The van der Waals surface area contributed by atoms with Crippen LogP contribution in [-0.2, 0) is 11.3 Å². The number of nitrogens with zero attached hydrogens (tertiary/aromatic N) is 3. The van der Waals surface area contributed by atoms with E-state index in [9.17, 15) is 0 Å². The predicted molar refractivity (Wildman–Crippen MR) is 111 cm³/mol. The smallest absolute Gasteiger partial charge is 0.191 e. The van der Waals surface area contributed by atoms with Gasteiger partial charge in [0.15, 0.2) is 5.96 Å². The molecular formula is C17H34IN5O. The highest BCUT2D eigenvalue weighted by molar-refractivity contribution is 14.0. The molecular weight excluding hydrogens is 417 g/mol. The summed E-state index contributed by atoms with van der Waals surface area (Å²) in [5, 5.41) is 11.1. The molecule has 1 unspecified atom stereocenters. The van der Waals surface area contributed by atoms with E-state index in [1.165, 1.54) is 5.69 Å². The van der Waals surface area contributed by atoms with Crippen LogP contribution in [0.2, 0.25) is 0 Å². The SMILES string of the molecule is CN=C(NCCCn1nc(C)cc1C)NCC(OC)C(C)(C)C.I. The van der Waals surface area contributed by atoms with Crippen molar-refractivity contribution in [3.63, 3.8) is 0 Å². The maximum Gasteiger partial charge on any atom is 0.191 e. The Morgan fingerprint density at radius 3 is 2.46 bits per heavy atom. The van der Waals surface area contributed by atoms with E-state index in [-0.39, 0.29) is 35.5 Å². The van der Waals surface area contributed by atoms with Gasteiger partial charge < -0.3 is 15.4 Å². The van der Waals surface area contributed by atoms with Gasteiger partial charge in [-0.25, -0.2) is 0 Å². The third-order valence-corrected chi connectivity index (χ3v) is 3.87. The summed E-state index contributed by atoms with van der Waals surface area (Å²) in [5.41, 5.74) is 2.37. The monoisotopic (exact) mass is 451 g/mol. The molecule has 1 heterocycles. The molecule has 1 atom stereocenters. The van der Waals surface area contributed by atoms with Gasteiger partial charge in [-0.3, -0.25) is 9.67 Å². The van der Waals surface area contributed by atoms with E-state index in [0.29, 0.717) is 0 Å². The van der Waals surface area contributed by atoms with Gasteiger partial charge in [0, 0.05) is 39.5 Å². The standard InChI is InChI=1S/C17H33N5O.HI/c1-13-11-14(2)22(21-13)10-8-9-19-16(18-6)20-12-15(23-7)17(3,4)5;/h11,15H,8-10,12H2,1-7H3,(H2,18,19,20);1H. The van der Waals surface area contributed by atoms with Crippen molar-refractivity contribution in [2.24, 2.45) is 10.4 Å². The second-order valence-electron chi connectivity index (χ2n) is 6.97. The molecule has 24 heavy (non-hydrogen) atoms. The van der Waals surface area contributed by atoms with Crippen molar-refractivity contribution in [3.05, 3.63) is 17.5 Å². The summed E-state index contributed by atoms with van der Waals surface area (Å²) in [6.45, 7) is 13.1. The van der Waals surface area contributed by atoms with Crippen LogP contribution in [0.4, 0.5) is 0 Å². The highest BCUT2D eigenvalue weighted by atomic mass is 127. The molecule has 6 nitrogen and oxygen atoms in total. The summed E-state index contributed by atoms with van der Waals surface area (Å²) in [4.78, 5) is 4.26. The van der Waals surface area contributed by atoms with E-state index in [0.717, 1.165) is 37.7 Å². The summed E-state index contributed by atoms with van der Waals surface area (Å²) < 4.78 is 7.60. The van der Waals surface area contributed by atoms with Gasteiger partial charge in [-0.2, -0.15) is 5.10 Å². The van der Waals surface area contributed by atoms with Crippen molar-refractivity contribution in [2.45, 2.75) is 53.7 Å². The summed E-state index contributed by atoms with van der Waals surface area (Å²) >= 11 is 0. The predicted octanol–water partition coefficient (Wildman–Crippen LogP) is 2.73. The minimum atomic E-state index is 0. The van der Waals surface area contributed by atoms with Crippen molar-refractivity contribution >= 4 is 29.9 Å². The van der Waals surface area contributed by atoms with Crippen molar-refractivity contribution in [2.75, 3.05) is 27.2 Å². The highest BCUT2D eigenvalue weighted by Gasteiger charge is 2.24. The van der Waals surface area contributed by atoms with Crippen molar-refractivity contribution < 1.29 is 4.74 Å². The van der Waals surface area contributed by atoms with E-state index in [4.69, 9.17) is 4.74 Å². The summed E-state index contributed by atoms with van der Waals surface area (Å²) in [7, 11) is 3.54. The molecule has 0 aliphatic rings. The molecule has 1 aromatic rings. The Kier molecular flexibility index (Phi) is 10.5. The summed E-state index contributed by atoms with van der Waals surface area (Å²) in [6, 6.07) is 2.10. The zero-order chi connectivity index (χ0) is 17.5. The quantitative estimate of drug-likeness (QED) is 0.290. The lowest BCUT2D eigenvalue weighted by Gasteiger charge is -2.30. The first kappa shape index (κ1) is 23.2. The fraction of sp³-hybridized carbons (Fsp3) is 0.765. The normalized spacial score (nSPS) is 13.4. The molecule has 0 amide bonds. The van der Waals surface area contributed by atoms with Crippen LogP contribution in [0.15, 0.2) is 11.1 Å². The first-order valence-corrected chi connectivity index (χ1v) is 8.26. The Hall–Kier alpha value is -0.830. The maximum atomic E-state index is 5.55. The Balaban J connectivity index is 0.00000529. The van der Waals surface area contributed by atoms with Gasteiger partial charge >= 0.3 is 0 Å². The number of halogens is 1. The number of guanidine groups is 1. The molecule has 0 radical (unpaired) electrons. The molecule has 0 saturated heterocycles. The fourth-order valence-electron chi connectivity index (χ4n) is 2.49. The van der Waals surface area contributed by atoms with E-state index < -0.39 is 0 Å². The Morgan fingerprint density at radius 2 is 2.00 bits per heavy atom. The zero-order valence-corrected chi connectivity index (χ0v) is 18.5. The molecule has 7 heteroatoms. The van der Waals surface area contributed by atoms with E-state index in [2.05, 4.69) is 54.5 Å². The van der Waals surface area contributed by atoms with Crippen LogP contribution >= 0.6 is 24.0 Å². The number of rotatable bonds is 7. The van der Waals surface area contributed by atoms with Gasteiger partial charge in [0.1, 0.15) is 0 Å². The largest absolute Gasteiger partial charge is 0.379 e. The summed E-state index contributed by atoms with van der Waals surface area (Å²) in [6.07, 6.45) is 1.13. The van der Waals surface area contributed by atoms with E-state index in [1.54, 1.807) is 14.2 Å². The fourth-order valence-corrected chi connectivity index (χ4v) is 2.49. The second-order valence-corrected chi connectivity index (χ2v) is 6.97. The number of aryl methyl sites for hydroxylation is 3. The number of nitrogens with one attached hydrogen (secondary N) is 2. The first-order valence-electron chi connectivity index (χ1n) is 8.26. The van der Waals surface area contributed by atoms with Crippen LogP contribution in [0.1, 0.15) is 38.6 Å². The van der Waals surface area contributed by atoms with Gasteiger partial charge in [0.25, 0.3) is 0 Å². The molecule has 0 aliphatic heterocycles. The molecule has 2 N–H and O–H groups in total. The number of methoxy groups -OCH3 is 1. The second kappa shape index (κ2) is 10.9. The average molecular weight is 451 g/mol. The minimum absolute atomic E-state index is 0. The van der Waals surface area contributed by atoms with Crippen LogP contribution < -0.4 is 10.6 Å². The third kappa shape index (κ3) is 7.83. The van der Waals surface area contributed by atoms with Crippen LogP contribution in [0.5, 0.6) is 0 Å². The summed E-state index contributed by atoms with van der Waals surface area (Å²) in [5.74, 6) is 0.810. The number of hydrogen-bond donors (Lipinski definition) is 2. The van der Waals surface area contributed by atoms with Gasteiger partial charge in [-0.05, 0) is 31.7 Å². The van der Waals surface area contributed by atoms with Crippen molar-refractivity contribution in [3.8, 4) is 0 Å². The van der Waals surface area contributed by atoms with Crippen LogP contribution in [0, 0.1) is 19.3 Å². The van der Waals surface area contributed by atoms with Crippen molar-refractivity contribution in [1.29, 1.82) is 0 Å². The van der Waals surface area contributed by atoms with Gasteiger partial charge in [-0.15, -0.1) is 24.0 Å². The van der Waals surface area contributed by atoms with Crippen LogP contribution in [0.25, 0.3) is 0 Å². The lowest BCUT2D eigenvalue weighted by molar-refractivity contribution is 0.0205. The number of hydrogen-bond acceptors (Lipinski definition) is 3. The molecule has 0 aromatic carbocycles. The minimum Gasteiger partial charge on any atom is -0.379 e. The van der Waals surface area contributed by atoms with Crippen LogP contribution in [-0.4, -0.2) is 49.1 Å². The highest BCUT2D eigenvalue weighted by Crippen LogP contribution is 2.20. The molecule has 0 aliphatic carbocycles. The molecule has 0 saturated carbocycles. The third-order valence-electron chi connectivity index (χ3n) is 3.87. The zero-order valence-electron chi connectivity index (χ0n) is 16.1. The van der Waals surface area contributed by atoms with Crippen LogP contribution in [0.3, 0.4) is 0 Å². The molecule has 0 spiro atoms. The maximum absolute atomic E-state index is 5.55. The lowest BCUT2D eigenvalue weighted by Crippen LogP contribution is -2.45. The molecule has 0 bridgehead atoms. The number of aliphatic imine (C=N–C) groups is 1. The Labute approximate surface area is 163 Å². The lowest BCUT2D eigenvalue weighted by atomic mass is 9.89.